The predicted molar refractivity (Wildman–Crippen MR) is 57.3 cm³/mol. The van der Waals surface area contributed by atoms with Crippen LogP contribution in [0.5, 0.6) is 0 Å². The Balaban J connectivity index is 2.11. The van der Waals surface area contributed by atoms with Gasteiger partial charge in [-0.3, -0.25) is 4.79 Å². The summed E-state index contributed by atoms with van der Waals surface area (Å²) in [6, 6.07) is 0.171. The normalized spacial score (nSPS) is 15.9. The van der Waals surface area contributed by atoms with E-state index in [1.165, 1.54) is 10.8 Å². The molecule has 0 atom stereocenters. The molecule has 0 saturated heterocycles. The van der Waals surface area contributed by atoms with Gasteiger partial charge in [-0.25, -0.2) is 13.8 Å². The number of rotatable bonds is 5. The molecule has 0 unspecified atom stereocenters. The van der Waals surface area contributed by atoms with E-state index in [1.807, 2.05) is 0 Å². The lowest BCUT2D eigenvalue weighted by atomic mass is 10.3. The second-order valence-corrected chi connectivity index (χ2v) is 4.09. The minimum absolute atomic E-state index is 0.104. The van der Waals surface area contributed by atoms with Gasteiger partial charge in [0.15, 0.2) is 5.82 Å². The molecule has 1 heterocycles. The molecule has 94 valence electrons. The number of halogens is 2. The monoisotopic (exact) mass is 245 g/mol. The van der Waals surface area contributed by atoms with Crippen molar-refractivity contribution in [2.24, 2.45) is 0 Å². The number of nitrogens with one attached hydrogen (secondary N) is 1. The molecule has 0 spiro atoms. The van der Waals surface area contributed by atoms with Crippen LogP contribution in [0.4, 0.5) is 14.6 Å². The third-order valence-electron chi connectivity index (χ3n) is 2.55. The van der Waals surface area contributed by atoms with Crippen molar-refractivity contribution in [3.05, 3.63) is 22.7 Å². The van der Waals surface area contributed by atoms with Crippen LogP contribution < -0.4 is 10.9 Å². The summed E-state index contributed by atoms with van der Waals surface area (Å²) in [5, 5.41) is 10.7. The molecule has 2 N–H and O–H groups in total. The zero-order chi connectivity index (χ0) is 12.5. The van der Waals surface area contributed by atoms with Crippen molar-refractivity contribution in [2.75, 3.05) is 18.5 Å². The van der Waals surface area contributed by atoms with Crippen LogP contribution in [-0.2, 0) is 0 Å². The third-order valence-corrected chi connectivity index (χ3v) is 2.55. The van der Waals surface area contributed by atoms with Crippen LogP contribution in [0.3, 0.4) is 0 Å². The predicted octanol–water partition coefficient (Wildman–Crippen LogP) is 0.618. The second-order valence-electron chi connectivity index (χ2n) is 4.09. The summed E-state index contributed by atoms with van der Waals surface area (Å²) in [5.74, 6) is -3.36. The van der Waals surface area contributed by atoms with E-state index < -0.39 is 24.6 Å². The van der Waals surface area contributed by atoms with Crippen molar-refractivity contribution in [1.29, 1.82) is 0 Å². The Morgan fingerprint density at radius 3 is 2.88 bits per heavy atom. The van der Waals surface area contributed by atoms with E-state index in [0.717, 1.165) is 12.8 Å². The molecule has 0 radical (unpaired) electrons. The van der Waals surface area contributed by atoms with Gasteiger partial charge in [0.2, 0.25) is 0 Å². The van der Waals surface area contributed by atoms with E-state index in [1.54, 1.807) is 6.20 Å². The maximum atomic E-state index is 12.8. The molecule has 1 aromatic rings. The molecule has 2 rings (SSSR count). The largest absolute Gasteiger partial charge is 0.390 e. The molecule has 1 fully saturated rings. The highest BCUT2D eigenvalue weighted by molar-refractivity contribution is 5.31. The van der Waals surface area contributed by atoms with E-state index in [0.29, 0.717) is 0 Å². The van der Waals surface area contributed by atoms with Crippen LogP contribution in [0, 0.1) is 0 Å². The molecule has 0 bridgehead atoms. The maximum absolute atomic E-state index is 12.8. The molecule has 1 aromatic heterocycles. The molecular weight excluding hydrogens is 232 g/mol. The van der Waals surface area contributed by atoms with E-state index >= 15 is 0 Å². The minimum atomic E-state index is -3.26. The molecule has 1 aliphatic rings. The average Bonchev–Trinajstić information content (AvgIpc) is 3.12. The standard InChI is InChI=1S/C10H13F2N3O2/c11-10(12,6-16)5-14-8-9(17)15(4-3-13-8)7-1-2-7/h3-4,7,16H,1-2,5-6H2,(H,13,14). The van der Waals surface area contributed by atoms with Crippen molar-refractivity contribution >= 4 is 5.82 Å². The highest BCUT2D eigenvalue weighted by atomic mass is 19.3. The van der Waals surface area contributed by atoms with E-state index in [2.05, 4.69) is 10.3 Å². The van der Waals surface area contributed by atoms with Gasteiger partial charge >= 0.3 is 0 Å². The summed E-state index contributed by atoms with van der Waals surface area (Å²) < 4.78 is 27.1. The lowest BCUT2D eigenvalue weighted by Gasteiger charge is -2.14. The number of aliphatic hydroxyl groups is 1. The van der Waals surface area contributed by atoms with Crippen LogP contribution in [0.1, 0.15) is 18.9 Å². The van der Waals surface area contributed by atoms with E-state index in [4.69, 9.17) is 5.11 Å². The molecular formula is C10H13F2N3O2. The number of alkyl halides is 2. The Kier molecular flexibility index (Phi) is 3.10. The first kappa shape index (κ1) is 12.0. The topological polar surface area (TPSA) is 67.2 Å². The van der Waals surface area contributed by atoms with Crippen molar-refractivity contribution in [1.82, 2.24) is 9.55 Å². The van der Waals surface area contributed by atoms with Gasteiger partial charge in [0.25, 0.3) is 11.5 Å². The number of aliphatic hydroxyl groups excluding tert-OH is 1. The highest BCUT2D eigenvalue weighted by Crippen LogP contribution is 2.33. The Labute approximate surface area is 96.1 Å². The summed E-state index contributed by atoms with van der Waals surface area (Å²) in [5.41, 5.74) is -0.399. The molecule has 7 heteroatoms. The Hall–Kier alpha value is -1.50. The van der Waals surface area contributed by atoms with Gasteiger partial charge in [0.1, 0.15) is 6.61 Å². The summed E-state index contributed by atoms with van der Waals surface area (Å²) in [6.07, 6.45) is 4.81. The van der Waals surface area contributed by atoms with Gasteiger partial charge in [-0.05, 0) is 12.8 Å². The van der Waals surface area contributed by atoms with Crippen LogP contribution in [-0.4, -0.2) is 33.7 Å². The summed E-state index contributed by atoms with van der Waals surface area (Å²) in [7, 11) is 0. The Bertz CT molecular complexity index is 457. The Morgan fingerprint density at radius 1 is 1.59 bits per heavy atom. The summed E-state index contributed by atoms with van der Waals surface area (Å²) in [6.45, 7) is -2.07. The fraction of sp³-hybridized carbons (Fsp3) is 0.600. The summed E-state index contributed by atoms with van der Waals surface area (Å²) >= 11 is 0. The van der Waals surface area contributed by atoms with Crippen molar-refractivity contribution in [2.45, 2.75) is 24.8 Å². The number of hydrogen-bond acceptors (Lipinski definition) is 4. The molecule has 5 nitrogen and oxygen atoms in total. The number of hydrogen-bond donors (Lipinski definition) is 2. The van der Waals surface area contributed by atoms with Gasteiger partial charge in [-0.1, -0.05) is 0 Å². The second kappa shape index (κ2) is 4.40. The number of anilines is 1. The number of nitrogens with zero attached hydrogens (tertiary/aromatic N) is 2. The quantitative estimate of drug-likeness (QED) is 0.798. The zero-order valence-corrected chi connectivity index (χ0v) is 9.07. The van der Waals surface area contributed by atoms with Crippen molar-refractivity contribution in [3.8, 4) is 0 Å². The third kappa shape index (κ3) is 2.79. The fourth-order valence-corrected chi connectivity index (χ4v) is 1.46. The van der Waals surface area contributed by atoms with Gasteiger partial charge in [-0.15, -0.1) is 0 Å². The molecule has 0 aromatic carbocycles. The molecule has 17 heavy (non-hydrogen) atoms. The minimum Gasteiger partial charge on any atom is -0.390 e. The fourth-order valence-electron chi connectivity index (χ4n) is 1.46. The van der Waals surface area contributed by atoms with Gasteiger partial charge < -0.3 is 15.0 Å². The molecule has 1 saturated carbocycles. The first-order valence-corrected chi connectivity index (χ1v) is 5.33. The Morgan fingerprint density at radius 2 is 2.29 bits per heavy atom. The SMILES string of the molecule is O=c1c(NCC(F)(F)CO)nccn1C1CC1. The van der Waals surface area contributed by atoms with Gasteiger partial charge in [0.05, 0.1) is 6.54 Å². The molecule has 0 aliphatic heterocycles. The molecule has 1 aliphatic carbocycles. The van der Waals surface area contributed by atoms with Crippen molar-refractivity contribution < 1.29 is 13.9 Å². The van der Waals surface area contributed by atoms with Crippen LogP contribution in [0.15, 0.2) is 17.2 Å². The van der Waals surface area contributed by atoms with E-state index in [-0.39, 0.29) is 11.9 Å². The molecule has 0 amide bonds. The van der Waals surface area contributed by atoms with Gasteiger partial charge in [0, 0.05) is 18.4 Å². The zero-order valence-electron chi connectivity index (χ0n) is 9.07. The lowest BCUT2D eigenvalue weighted by molar-refractivity contribution is -0.0373. The average molecular weight is 245 g/mol. The van der Waals surface area contributed by atoms with Crippen LogP contribution in [0.2, 0.25) is 0 Å². The lowest BCUT2D eigenvalue weighted by Crippen LogP contribution is -2.34. The first-order chi connectivity index (χ1) is 8.03. The highest BCUT2D eigenvalue weighted by Gasteiger charge is 2.29. The number of aromatic nitrogens is 2. The van der Waals surface area contributed by atoms with Crippen LogP contribution >= 0.6 is 0 Å². The summed E-state index contributed by atoms with van der Waals surface area (Å²) in [4.78, 5) is 15.5. The van der Waals surface area contributed by atoms with Crippen molar-refractivity contribution in [3.63, 3.8) is 0 Å². The van der Waals surface area contributed by atoms with E-state index in [9.17, 15) is 13.6 Å². The maximum Gasteiger partial charge on any atom is 0.293 e. The first-order valence-electron chi connectivity index (χ1n) is 5.33. The van der Waals surface area contributed by atoms with Crippen LogP contribution in [0.25, 0.3) is 0 Å². The van der Waals surface area contributed by atoms with Gasteiger partial charge in [-0.2, -0.15) is 0 Å². The smallest absolute Gasteiger partial charge is 0.293 e.